The van der Waals surface area contributed by atoms with E-state index in [4.69, 9.17) is 4.52 Å². The Labute approximate surface area is 55.9 Å². The van der Waals surface area contributed by atoms with Gasteiger partial charge in [0.2, 0.25) is 0 Å². The fraction of sp³-hybridized carbons (Fsp3) is 1.00. The molecule has 1 unspecified atom stereocenters. The summed E-state index contributed by atoms with van der Waals surface area (Å²) in [7, 11) is -2.29. The zero-order valence-electron chi connectivity index (χ0n) is 5.72. The van der Waals surface area contributed by atoms with Crippen LogP contribution >= 0.6 is 8.60 Å². The lowest BCUT2D eigenvalue weighted by molar-refractivity contribution is -0.640. The highest BCUT2D eigenvalue weighted by atomic mass is 31.2. The maximum absolute atomic E-state index is 10.4. The van der Waals surface area contributed by atoms with Gasteiger partial charge in [0.1, 0.15) is 0 Å². The molecule has 0 spiro atoms. The van der Waals surface area contributed by atoms with E-state index in [2.05, 4.69) is 10.5 Å². The highest BCUT2D eigenvalue weighted by Gasteiger charge is 2.18. The maximum Gasteiger partial charge on any atom is 0.506 e. The average Bonchev–Trinajstić information content (AvgIpc) is 1.83. The molecule has 0 fully saturated rings. The quantitative estimate of drug-likeness (QED) is 0.465. The highest BCUT2D eigenvalue weighted by Crippen LogP contribution is 2.30. The molecule has 0 aliphatic rings. The molecule has 3 N–H and O–H groups in total. The molecule has 0 saturated carbocycles. The van der Waals surface area contributed by atoms with Crippen LogP contribution in [0.2, 0.25) is 0 Å². The molecule has 9 heavy (non-hydrogen) atoms. The Hall–Kier alpha value is 0.270. The van der Waals surface area contributed by atoms with Crippen LogP contribution in [0.3, 0.4) is 0 Å². The Balaban J connectivity index is 3.06. The van der Waals surface area contributed by atoms with Crippen molar-refractivity contribution in [1.29, 1.82) is 0 Å². The Morgan fingerprint density at radius 3 is 2.56 bits per heavy atom. The first kappa shape index (κ1) is 9.27. The van der Waals surface area contributed by atoms with Crippen LogP contribution in [0.25, 0.3) is 0 Å². The normalized spacial score (nSPS) is 14.3. The van der Waals surface area contributed by atoms with E-state index < -0.39 is 8.60 Å². The molecule has 0 aromatic carbocycles. The molecule has 0 rings (SSSR count). The van der Waals surface area contributed by atoms with Crippen molar-refractivity contribution in [2.24, 2.45) is 5.92 Å². The van der Waals surface area contributed by atoms with Crippen LogP contribution < -0.4 is 5.90 Å². The van der Waals surface area contributed by atoms with E-state index in [0.717, 1.165) is 0 Å². The second-order valence-corrected chi connectivity index (χ2v) is 3.18. The van der Waals surface area contributed by atoms with Gasteiger partial charge in [-0.3, -0.25) is 0 Å². The molecular weight excluding hydrogens is 141 g/mol. The van der Waals surface area contributed by atoms with Crippen molar-refractivity contribution < 1.29 is 19.9 Å². The van der Waals surface area contributed by atoms with Gasteiger partial charge in [-0.05, 0) is 5.92 Å². The third-order valence-corrected chi connectivity index (χ3v) is 1.29. The third-order valence-electron chi connectivity index (χ3n) is 0.652. The molecule has 0 saturated heterocycles. The Bertz CT molecular complexity index is 70.8. The van der Waals surface area contributed by atoms with Gasteiger partial charge in [-0.2, -0.15) is 10.4 Å². The van der Waals surface area contributed by atoms with Crippen LogP contribution in [0.15, 0.2) is 0 Å². The second-order valence-electron chi connectivity index (χ2n) is 2.10. The SMILES string of the molecule is CC(C)CO[PH+]([O])O[NH3+]. The predicted octanol–water partition coefficient (Wildman–Crippen LogP) is 0.222. The zero-order chi connectivity index (χ0) is 7.28. The van der Waals surface area contributed by atoms with Crippen molar-refractivity contribution in [3.05, 3.63) is 0 Å². The highest BCUT2D eigenvalue weighted by molar-refractivity contribution is 7.40. The van der Waals surface area contributed by atoms with Crippen molar-refractivity contribution in [3.8, 4) is 0 Å². The summed E-state index contributed by atoms with van der Waals surface area (Å²) in [6.45, 7) is 4.41. The lowest BCUT2D eigenvalue weighted by atomic mass is 10.2. The summed E-state index contributed by atoms with van der Waals surface area (Å²) in [5, 5.41) is 0. The number of hydrogen-bond donors (Lipinski definition) is 1. The maximum atomic E-state index is 10.4. The van der Waals surface area contributed by atoms with E-state index in [9.17, 15) is 4.89 Å². The molecule has 1 radical (unpaired) electrons. The molecule has 0 aromatic rings. The van der Waals surface area contributed by atoms with Crippen molar-refractivity contribution in [3.63, 3.8) is 0 Å². The first-order valence-corrected chi connectivity index (χ1v) is 3.98. The van der Waals surface area contributed by atoms with Crippen LogP contribution in [0.5, 0.6) is 0 Å². The van der Waals surface area contributed by atoms with Gasteiger partial charge in [-0.15, -0.1) is 0 Å². The van der Waals surface area contributed by atoms with Gasteiger partial charge in [0.15, 0.2) is 0 Å². The first-order chi connectivity index (χ1) is 4.16. The van der Waals surface area contributed by atoms with Gasteiger partial charge in [-0.25, -0.2) is 0 Å². The third kappa shape index (κ3) is 6.15. The topological polar surface area (TPSA) is 66.0 Å². The summed E-state index contributed by atoms with van der Waals surface area (Å²) >= 11 is 0. The van der Waals surface area contributed by atoms with Crippen LogP contribution in [0, 0.1) is 5.92 Å². The standard InChI is InChI=1S/C4H13NO3P/c1-4(2)3-7-9(6)8-5/h4,9H,3H2,1-2,5H3/q+2. The molecule has 0 bridgehead atoms. The van der Waals surface area contributed by atoms with Crippen molar-refractivity contribution >= 4 is 8.60 Å². The zero-order valence-corrected chi connectivity index (χ0v) is 6.72. The molecule has 0 heterocycles. The Morgan fingerprint density at radius 2 is 2.22 bits per heavy atom. The molecule has 0 aliphatic heterocycles. The van der Waals surface area contributed by atoms with Gasteiger partial charge in [-0.1, -0.05) is 13.8 Å². The summed E-state index contributed by atoms with van der Waals surface area (Å²) in [5.41, 5.74) is 0. The van der Waals surface area contributed by atoms with Gasteiger partial charge in [0.25, 0.3) is 0 Å². The monoisotopic (exact) mass is 154 g/mol. The minimum absolute atomic E-state index is 0.383. The fourth-order valence-corrected chi connectivity index (χ4v) is 0.829. The fourth-order valence-electron chi connectivity index (χ4n) is 0.276. The summed E-state index contributed by atoms with van der Waals surface area (Å²) in [5.74, 6) is 3.35. The van der Waals surface area contributed by atoms with Gasteiger partial charge < -0.3 is 0 Å². The average molecular weight is 154 g/mol. The Kier molecular flexibility index (Phi) is 5.24. The first-order valence-electron chi connectivity index (χ1n) is 2.75. The summed E-state index contributed by atoms with van der Waals surface area (Å²) < 4.78 is 8.89. The van der Waals surface area contributed by atoms with Crippen molar-refractivity contribution in [1.82, 2.24) is 0 Å². The van der Waals surface area contributed by atoms with Crippen molar-refractivity contribution in [2.75, 3.05) is 6.61 Å². The number of quaternary nitrogens is 1. The van der Waals surface area contributed by atoms with E-state index >= 15 is 0 Å². The largest absolute Gasteiger partial charge is 0.506 e. The molecule has 0 aliphatic carbocycles. The Morgan fingerprint density at radius 1 is 1.67 bits per heavy atom. The van der Waals surface area contributed by atoms with Gasteiger partial charge >= 0.3 is 8.60 Å². The minimum atomic E-state index is -2.29. The summed E-state index contributed by atoms with van der Waals surface area (Å²) in [6, 6.07) is 0. The lowest BCUT2D eigenvalue weighted by Gasteiger charge is -1.97. The van der Waals surface area contributed by atoms with E-state index in [1.807, 2.05) is 13.8 Å². The van der Waals surface area contributed by atoms with Gasteiger partial charge in [0.05, 0.1) is 6.61 Å². The number of rotatable bonds is 4. The van der Waals surface area contributed by atoms with E-state index in [1.165, 1.54) is 0 Å². The molecular formula is C4H13NO3P+2. The van der Waals surface area contributed by atoms with E-state index in [0.29, 0.717) is 12.5 Å². The van der Waals surface area contributed by atoms with Crippen LogP contribution in [0.1, 0.15) is 13.8 Å². The van der Waals surface area contributed by atoms with Crippen molar-refractivity contribution in [2.45, 2.75) is 13.8 Å². The van der Waals surface area contributed by atoms with Crippen LogP contribution in [0.4, 0.5) is 0 Å². The molecule has 0 amide bonds. The smallest absolute Gasteiger partial charge is 0.173 e. The van der Waals surface area contributed by atoms with Gasteiger partial charge in [0, 0.05) is 9.52 Å². The molecule has 0 aromatic heterocycles. The molecule has 4 nitrogen and oxygen atoms in total. The van der Waals surface area contributed by atoms with E-state index in [-0.39, 0.29) is 0 Å². The van der Waals surface area contributed by atoms with E-state index in [1.54, 1.807) is 0 Å². The summed E-state index contributed by atoms with van der Waals surface area (Å²) in [6.07, 6.45) is 0. The minimum Gasteiger partial charge on any atom is -0.173 e. The molecule has 5 heteroatoms. The predicted molar refractivity (Wildman–Crippen MR) is 33.8 cm³/mol. The van der Waals surface area contributed by atoms with Crippen LogP contribution in [-0.4, -0.2) is 6.61 Å². The molecule has 55 valence electrons. The molecule has 1 atom stereocenters. The van der Waals surface area contributed by atoms with Crippen LogP contribution in [-0.2, 0) is 14.0 Å². The second kappa shape index (κ2) is 5.09. The number of hydrogen-bond acceptors (Lipinski definition) is 2. The lowest BCUT2D eigenvalue weighted by Crippen LogP contribution is -2.46. The summed E-state index contributed by atoms with van der Waals surface area (Å²) in [4.78, 5) is 10.4.